The number of rotatable bonds is 7. The molecule has 4 nitrogen and oxygen atoms in total. The van der Waals surface area contributed by atoms with Crippen LogP contribution < -0.4 is 5.32 Å². The minimum Gasteiger partial charge on any atom is -0.369 e. The van der Waals surface area contributed by atoms with E-state index in [0.29, 0.717) is 11.4 Å². The molecule has 0 aliphatic rings. The van der Waals surface area contributed by atoms with Crippen LogP contribution in [0.1, 0.15) is 12.0 Å². The van der Waals surface area contributed by atoms with Gasteiger partial charge in [0.2, 0.25) is 0 Å². The van der Waals surface area contributed by atoms with Crippen LogP contribution in [0.4, 0.5) is 10.2 Å². The Morgan fingerprint density at radius 1 is 0.875 bits per heavy atom. The third-order valence-electron chi connectivity index (χ3n) is 5.29. The number of thiophene rings is 1. The fraction of sp³-hybridized carbons (Fsp3) is 0.115. The first-order chi connectivity index (χ1) is 15.8. The highest BCUT2D eigenvalue weighted by Gasteiger charge is 2.17. The van der Waals surface area contributed by atoms with E-state index in [1.54, 1.807) is 23.6 Å². The number of hydrogen-bond acceptors (Lipinski definition) is 5. The molecule has 0 amide bonds. The summed E-state index contributed by atoms with van der Waals surface area (Å²) in [4.78, 5) is 13.3. The van der Waals surface area contributed by atoms with Crippen LogP contribution in [-0.4, -0.2) is 21.5 Å². The summed E-state index contributed by atoms with van der Waals surface area (Å²) in [7, 11) is 0. The van der Waals surface area contributed by atoms with Crippen LogP contribution in [0.25, 0.3) is 32.7 Å². The predicted molar refractivity (Wildman–Crippen MR) is 129 cm³/mol. The largest absolute Gasteiger partial charge is 0.369 e. The summed E-state index contributed by atoms with van der Waals surface area (Å²) in [5, 5.41) is 5.57. The third kappa shape index (κ3) is 4.22. The second-order valence-corrected chi connectivity index (χ2v) is 8.34. The van der Waals surface area contributed by atoms with Gasteiger partial charge in [0.15, 0.2) is 11.6 Å². The molecule has 0 spiro atoms. The summed E-state index contributed by atoms with van der Waals surface area (Å²) in [6.45, 7) is 0.762. The van der Waals surface area contributed by atoms with E-state index in [4.69, 9.17) is 9.97 Å². The monoisotopic (exact) mass is 440 g/mol. The van der Waals surface area contributed by atoms with Crippen LogP contribution in [-0.2, 0) is 6.42 Å². The van der Waals surface area contributed by atoms with Gasteiger partial charge in [-0.2, -0.15) is 0 Å². The highest BCUT2D eigenvalue weighted by Crippen LogP contribution is 2.37. The number of nitrogens with zero attached hydrogens (tertiary/aromatic N) is 3. The van der Waals surface area contributed by atoms with Crippen molar-refractivity contribution in [3.05, 3.63) is 95.9 Å². The molecule has 2 aromatic carbocycles. The minimum absolute atomic E-state index is 0.347. The van der Waals surface area contributed by atoms with E-state index >= 15 is 0 Å². The summed E-state index contributed by atoms with van der Waals surface area (Å²) in [6.07, 6.45) is 4.70. The van der Waals surface area contributed by atoms with Crippen LogP contribution >= 0.6 is 11.3 Å². The molecule has 32 heavy (non-hydrogen) atoms. The summed E-state index contributed by atoms with van der Waals surface area (Å²) in [6, 6.07) is 22.2. The summed E-state index contributed by atoms with van der Waals surface area (Å²) in [5.74, 6) is 0.665. The number of nitrogens with one attached hydrogen (secondary N) is 1. The SMILES string of the molecule is Fc1cnccc1-c1nc(NCCCc2ccccc2)c2scc(-c3ccccc3)c2n1. The molecule has 0 unspecified atom stereocenters. The van der Waals surface area contributed by atoms with Crippen molar-refractivity contribution in [3.63, 3.8) is 0 Å². The first-order valence-corrected chi connectivity index (χ1v) is 11.4. The fourth-order valence-corrected chi connectivity index (χ4v) is 4.66. The maximum absolute atomic E-state index is 14.5. The Morgan fingerprint density at radius 3 is 2.44 bits per heavy atom. The van der Waals surface area contributed by atoms with Gasteiger partial charge in [-0.1, -0.05) is 60.7 Å². The van der Waals surface area contributed by atoms with Gasteiger partial charge in [-0.05, 0) is 30.0 Å². The molecule has 6 heteroatoms. The topological polar surface area (TPSA) is 50.7 Å². The Bertz CT molecular complexity index is 1340. The van der Waals surface area contributed by atoms with E-state index in [9.17, 15) is 4.39 Å². The Morgan fingerprint density at radius 2 is 1.66 bits per heavy atom. The number of halogens is 1. The van der Waals surface area contributed by atoms with Gasteiger partial charge >= 0.3 is 0 Å². The van der Waals surface area contributed by atoms with Crippen molar-refractivity contribution in [1.82, 2.24) is 15.0 Å². The second kappa shape index (κ2) is 9.24. The fourth-order valence-electron chi connectivity index (χ4n) is 3.68. The van der Waals surface area contributed by atoms with Crippen LogP contribution in [0.2, 0.25) is 0 Å². The smallest absolute Gasteiger partial charge is 0.165 e. The Balaban J connectivity index is 1.50. The zero-order valence-electron chi connectivity index (χ0n) is 17.3. The van der Waals surface area contributed by atoms with Crippen molar-refractivity contribution in [2.45, 2.75) is 12.8 Å². The zero-order valence-corrected chi connectivity index (χ0v) is 18.1. The number of pyridine rings is 1. The van der Waals surface area contributed by atoms with Crippen molar-refractivity contribution in [2.24, 2.45) is 0 Å². The number of anilines is 1. The molecule has 0 fully saturated rings. The number of hydrogen-bond donors (Lipinski definition) is 1. The van der Waals surface area contributed by atoms with Gasteiger partial charge in [0.1, 0.15) is 5.82 Å². The van der Waals surface area contributed by atoms with Gasteiger partial charge in [0, 0.05) is 23.7 Å². The maximum atomic E-state index is 14.5. The van der Waals surface area contributed by atoms with Gasteiger partial charge in [0.05, 0.1) is 22.0 Å². The van der Waals surface area contributed by atoms with E-state index in [1.165, 1.54) is 11.8 Å². The zero-order chi connectivity index (χ0) is 21.8. The molecule has 5 rings (SSSR count). The van der Waals surface area contributed by atoms with E-state index in [0.717, 1.165) is 46.5 Å². The quantitative estimate of drug-likeness (QED) is 0.290. The average molecular weight is 441 g/mol. The number of aryl methyl sites for hydroxylation is 1. The standard InChI is InChI=1S/C26H21FN4S/c27-22-16-28-15-13-20(22)25-30-23-21(19-11-5-2-6-12-19)17-32-24(23)26(31-25)29-14-7-10-18-8-3-1-4-9-18/h1-6,8-9,11-13,15-17H,7,10,14H2,(H,29,30,31). The van der Waals surface area contributed by atoms with Gasteiger partial charge in [-0.3, -0.25) is 4.98 Å². The van der Waals surface area contributed by atoms with Gasteiger partial charge in [-0.25, -0.2) is 14.4 Å². The average Bonchev–Trinajstić information content (AvgIpc) is 3.27. The van der Waals surface area contributed by atoms with E-state index in [2.05, 4.69) is 52.1 Å². The van der Waals surface area contributed by atoms with Crippen molar-refractivity contribution >= 4 is 27.4 Å². The Hall–Kier alpha value is -3.64. The maximum Gasteiger partial charge on any atom is 0.165 e. The molecule has 3 aromatic heterocycles. The molecule has 3 heterocycles. The molecule has 0 aliphatic carbocycles. The lowest BCUT2D eigenvalue weighted by Crippen LogP contribution is -2.06. The first kappa shape index (κ1) is 20.3. The summed E-state index contributed by atoms with van der Waals surface area (Å²) < 4.78 is 15.5. The lowest BCUT2D eigenvalue weighted by atomic mass is 10.1. The normalized spacial score (nSPS) is 11.0. The van der Waals surface area contributed by atoms with E-state index < -0.39 is 5.82 Å². The van der Waals surface area contributed by atoms with Crippen molar-refractivity contribution in [1.29, 1.82) is 0 Å². The summed E-state index contributed by atoms with van der Waals surface area (Å²) in [5.41, 5.74) is 4.58. The van der Waals surface area contributed by atoms with Crippen LogP contribution in [0.5, 0.6) is 0 Å². The molecule has 0 aliphatic heterocycles. The number of fused-ring (bicyclic) bond motifs is 1. The highest BCUT2D eigenvalue weighted by molar-refractivity contribution is 7.18. The Kier molecular flexibility index (Phi) is 5.85. The van der Waals surface area contributed by atoms with Crippen molar-refractivity contribution in [3.8, 4) is 22.5 Å². The Labute approximate surface area is 189 Å². The van der Waals surface area contributed by atoms with Gasteiger partial charge < -0.3 is 5.32 Å². The lowest BCUT2D eigenvalue weighted by Gasteiger charge is -2.10. The van der Waals surface area contributed by atoms with E-state index in [1.807, 2.05) is 24.3 Å². The third-order valence-corrected chi connectivity index (χ3v) is 6.27. The molecule has 0 atom stereocenters. The highest BCUT2D eigenvalue weighted by atomic mass is 32.1. The number of aromatic nitrogens is 3. The molecular weight excluding hydrogens is 419 g/mol. The molecule has 5 aromatic rings. The molecule has 0 bridgehead atoms. The molecule has 0 saturated carbocycles. The first-order valence-electron chi connectivity index (χ1n) is 10.5. The van der Waals surface area contributed by atoms with Gasteiger partial charge in [0.25, 0.3) is 0 Å². The molecule has 0 saturated heterocycles. The summed E-state index contributed by atoms with van der Waals surface area (Å²) >= 11 is 1.60. The van der Waals surface area contributed by atoms with Crippen molar-refractivity contribution < 1.29 is 4.39 Å². The lowest BCUT2D eigenvalue weighted by molar-refractivity contribution is 0.623. The molecule has 158 valence electrons. The van der Waals surface area contributed by atoms with E-state index in [-0.39, 0.29) is 0 Å². The van der Waals surface area contributed by atoms with Crippen LogP contribution in [0.15, 0.2) is 84.5 Å². The predicted octanol–water partition coefficient (Wildman–Crippen LogP) is 6.60. The second-order valence-electron chi connectivity index (χ2n) is 7.46. The molecule has 0 radical (unpaired) electrons. The van der Waals surface area contributed by atoms with Crippen molar-refractivity contribution in [2.75, 3.05) is 11.9 Å². The molecular formula is C26H21FN4S. The van der Waals surface area contributed by atoms with Gasteiger partial charge in [-0.15, -0.1) is 11.3 Å². The molecule has 1 N–H and O–H groups in total. The van der Waals surface area contributed by atoms with Crippen LogP contribution in [0, 0.1) is 5.82 Å². The number of benzene rings is 2. The van der Waals surface area contributed by atoms with Crippen LogP contribution in [0.3, 0.4) is 0 Å². The minimum atomic E-state index is -0.432.